The van der Waals surface area contributed by atoms with E-state index in [2.05, 4.69) is 4.74 Å². The summed E-state index contributed by atoms with van der Waals surface area (Å²) in [5, 5.41) is 0. The predicted octanol–water partition coefficient (Wildman–Crippen LogP) is 1.75. The van der Waals surface area contributed by atoms with E-state index in [1.165, 1.54) is 7.11 Å². The molecule has 0 aromatic heterocycles. The first-order chi connectivity index (χ1) is 5.65. The maximum atomic E-state index is 11.0. The van der Waals surface area contributed by atoms with Gasteiger partial charge in [-0.25, -0.2) is 4.79 Å². The molecule has 0 amide bonds. The Morgan fingerprint density at radius 1 is 1.33 bits per heavy atom. The van der Waals surface area contributed by atoms with Crippen molar-refractivity contribution in [3.8, 4) is 0 Å². The Labute approximate surface area is 74.0 Å². The van der Waals surface area contributed by atoms with Crippen molar-refractivity contribution >= 4 is 5.97 Å². The molecule has 2 unspecified atom stereocenters. The summed E-state index contributed by atoms with van der Waals surface area (Å²) in [6.07, 6.45) is 1.30. The Balaban J connectivity index is 3.90. The van der Waals surface area contributed by atoms with Gasteiger partial charge in [-0.3, -0.25) is 0 Å². The van der Waals surface area contributed by atoms with Crippen molar-refractivity contribution in [2.45, 2.75) is 45.8 Å². The van der Waals surface area contributed by atoms with E-state index in [-0.39, 0.29) is 12.1 Å². The number of methoxy groups -OCH3 is 1. The minimum Gasteiger partial charge on any atom is -0.467 e. The quantitative estimate of drug-likeness (QED) is 0.596. The molecular weight excluding hydrogens is 156 g/mol. The van der Waals surface area contributed by atoms with Crippen LogP contribution >= 0.6 is 0 Å². The predicted molar refractivity (Wildman–Crippen MR) is 46.9 cm³/mol. The molecule has 0 aliphatic carbocycles. The second kappa shape index (κ2) is 6.00. The Morgan fingerprint density at radius 2 is 1.92 bits per heavy atom. The fraction of sp³-hybridized carbons (Fsp3) is 0.889. The van der Waals surface area contributed by atoms with Gasteiger partial charge in [0.05, 0.1) is 13.2 Å². The molecule has 0 saturated heterocycles. The molecule has 0 aromatic carbocycles. The highest BCUT2D eigenvalue weighted by Crippen LogP contribution is 2.06. The molecule has 0 aliphatic rings. The third kappa shape index (κ3) is 3.72. The molecule has 0 spiro atoms. The fourth-order valence-electron chi connectivity index (χ4n) is 0.827. The number of carbonyl (C=O) groups is 1. The average molecular weight is 174 g/mol. The lowest BCUT2D eigenvalue weighted by Crippen LogP contribution is -2.28. The van der Waals surface area contributed by atoms with Crippen LogP contribution in [0.1, 0.15) is 33.6 Å². The van der Waals surface area contributed by atoms with Gasteiger partial charge >= 0.3 is 5.97 Å². The standard InChI is InChI=1S/C9H18O3/c1-5-7(3)12-8(6-2)9(10)11-4/h7-8H,5-6H2,1-4H3. The molecule has 3 heteroatoms. The van der Waals surface area contributed by atoms with Crippen molar-refractivity contribution in [1.29, 1.82) is 0 Å². The lowest BCUT2D eigenvalue weighted by atomic mass is 10.2. The average Bonchev–Trinajstić information content (AvgIpc) is 2.12. The minimum atomic E-state index is -0.398. The van der Waals surface area contributed by atoms with Gasteiger partial charge in [0.1, 0.15) is 0 Å². The summed E-state index contributed by atoms with van der Waals surface area (Å²) in [7, 11) is 1.38. The third-order valence-corrected chi connectivity index (χ3v) is 1.81. The molecule has 12 heavy (non-hydrogen) atoms. The molecule has 0 heterocycles. The third-order valence-electron chi connectivity index (χ3n) is 1.81. The van der Waals surface area contributed by atoms with E-state index in [1.54, 1.807) is 0 Å². The monoisotopic (exact) mass is 174 g/mol. The summed E-state index contributed by atoms with van der Waals surface area (Å²) in [5.41, 5.74) is 0. The maximum Gasteiger partial charge on any atom is 0.334 e. The smallest absolute Gasteiger partial charge is 0.334 e. The second-order valence-corrected chi connectivity index (χ2v) is 2.77. The molecule has 0 saturated carbocycles. The summed E-state index contributed by atoms with van der Waals surface area (Å²) in [6, 6.07) is 0. The van der Waals surface area contributed by atoms with E-state index in [4.69, 9.17) is 4.74 Å². The van der Waals surface area contributed by atoms with Crippen molar-refractivity contribution in [2.75, 3.05) is 7.11 Å². The number of esters is 1. The molecule has 0 N–H and O–H groups in total. The van der Waals surface area contributed by atoms with Gasteiger partial charge in [-0.2, -0.15) is 0 Å². The Kier molecular flexibility index (Phi) is 5.72. The van der Waals surface area contributed by atoms with Crippen molar-refractivity contribution < 1.29 is 14.3 Å². The number of hydrogen-bond acceptors (Lipinski definition) is 3. The highest BCUT2D eigenvalue weighted by Gasteiger charge is 2.19. The van der Waals surface area contributed by atoms with Gasteiger partial charge in [-0.05, 0) is 19.8 Å². The molecule has 0 bridgehead atoms. The number of ether oxygens (including phenoxy) is 2. The van der Waals surface area contributed by atoms with Crippen LogP contribution in [0.5, 0.6) is 0 Å². The van der Waals surface area contributed by atoms with E-state index >= 15 is 0 Å². The maximum absolute atomic E-state index is 11.0. The van der Waals surface area contributed by atoms with Crippen LogP contribution in [0.4, 0.5) is 0 Å². The Hall–Kier alpha value is -0.570. The van der Waals surface area contributed by atoms with Crippen LogP contribution in [0.3, 0.4) is 0 Å². The van der Waals surface area contributed by atoms with Crippen molar-refractivity contribution in [1.82, 2.24) is 0 Å². The van der Waals surface area contributed by atoms with Crippen molar-refractivity contribution in [2.24, 2.45) is 0 Å². The molecule has 0 radical (unpaired) electrons. The fourth-order valence-corrected chi connectivity index (χ4v) is 0.827. The van der Waals surface area contributed by atoms with Crippen molar-refractivity contribution in [3.05, 3.63) is 0 Å². The SMILES string of the molecule is CCC(C)OC(CC)C(=O)OC. The number of rotatable bonds is 5. The van der Waals surface area contributed by atoms with E-state index in [9.17, 15) is 4.79 Å². The van der Waals surface area contributed by atoms with E-state index in [0.717, 1.165) is 6.42 Å². The topological polar surface area (TPSA) is 35.5 Å². The number of hydrogen-bond donors (Lipinski definition) is 0. The summed E-state index contributed by atoms with van der Waals surface area (Å²) in [5.74, 6) is -0.280. The zero-order valence-electron chi connectivity index (χ0n) is 8.29. The zero-order chi connectivity index (χ0) is 9.56. The highest BCUT2D eigenvalue weighted by atomic mass is 16.6. The Morgan fingerprint density at radius 3 is 2.25 bits per heavy atom. The van der Waals surface area contributed by atoms with Gasteiger partial charge in [0.25, 0.3) is 0 Å². The van der Waals surface area contributed by atoms with E-state index in [0.29, 0.717) is 6.42 Å². The molecule has 3 nitrogen and oxygen atoms in total. The van der Waals surface area contributed by atoms with Gasteiger partial charge in [0.2, 0.25) is 0 Å². The minimum absolute atomic E-state index is 0.119. The van der Waals surface area contributed by atoms with Gasteiger partial charge in [-0.15, -0.1) is 0 Å². The first-order valence-electron chi connectivity index (χ1n) is 4.38. The molecular formula is C9H18O3. The first kappa shape index (κ1) is 11.4. The van der Waals surface area contributed by atoms with Crippen LogP contribution in [0, 0.1) is 0 Å². The van der Waals surface area contributed by atoms with Gasteiger partial charge in [-0.1, -0.05) is 13.8 Å². The van der Waals surface area contributed by atoms with E-state index in [1.807, 2.05) is 20.8 Å². The zero-order valence-corrected chi connectivity index (χ0v) is 8.29. The van der Waals surface area contributed by atoms with Crippen LogP contribution < -0.4 is 0 Å². The van der Waals surface area contributed by atoms with Crippen LogP contribution in [-0.4, -0.2) is 25.3 Å². The van der Waals surface area contributed by atoms with Gasteiger partial charge in [0.15, 0.2) is 6.10 Å². The number of carbonyl (C=O) groups excluding carboxylic acids is 1. The van der Waals surface area contributed by atoms with Crippen LogP contribution in [-0.2, 0) is 14.3 Å². The molecule has 0 fully saturated rings. The largest absolute Gasteiger partial charge is 0.467 e. The van der Waals surface area contributed by atoms with E-state index < -0.39 is 6.10 Å². The van der Waals surface area contributed by atoms with Crippen LogP contribution in [0.25, 0.3) is 0 Å². The molecule has 72 valence electrons. The molecule has 0 aliphatic heterocycles. The lowest BCUT2D eigenvalue weighted by molar-refractivity contribution is -0.157. The van der Waals surface area contributed by atoms with Gasteiger partial charge < -0.3 is 9.47 Å². The first-order valence-corrected chi connectivity index (χ1v) is 4.38. The normalized spacial score (nSPS) is 15.3. The molecule has 0 aromatic rings. The second-order valence-electron chi connectivity index (χ2n) is 2.77. The highest BCUT2D eigenvalue weighted by molar-refractivity contribution is 5.74. The summed E-state index contributed by atoms with van der Waals surface area (Å²) >= 11 is 0. The molecule has 2 atom stereocenters. The van der Waals surface area contributed by atoms with Crippen molar-refractivity contribution in [3.63, 3.8) is 0 Å². The van der Waals surface area contributed by atoms with Crippen LogP contribution in [0.2, 0.25) is 0 Å². The summed E-state index contributed by atoms with van der Waals surface area (Å²) < 4.78 is 10.0. The summed E-state index contributed by atoms with van der Waals surface area (Å²) in [4.78, 5) is 11.0. The molecule has 0 rings (SSSR count). The van der Waals surface area contributed by atoms with Gasteiger partial charge in [0, 0.05) is 0 Å². The summed E-state index contributed by atoms with van der Waals surface area (Å²) in [6.45, 7) is 5.88. The van der Waals surface area contributed by atoms with Crippen LogP contribution in [0.15, 0.2) is 0 Å². The Bertz CT molecular complexity index is 134. The lowest BCUT2D eigenvalue weighted by Gasteiger charge is -2.17.